The van der Waals surface area contributed by atoms with Crippen LogP contribution in [0.3, 0.4) is 0 Å². The van der Waals surface area contributed by atoms with Gasteiger partial charge in [0.25, 0.3) is 0 Å². The second-order valence-corrected chi connectivity index (χ2v) is 10.1. The molecule has 2 aromatic carbocycles. The Morgan fingerprint density at radius 1 is 1.06 bits per heavy atom. The summed E-state index contributed by atoms with van der Waals surface area (Å²) in [6, 6.07) is 9.25. The number of carbonyl (C=O) groups is 1. The van der Waals surface area contributed by atoms with Gasteiger partial charge in [-0.1, -0.05) is 41.5 Å². The third-order valence-corrected chi connectivity index (χ3v) is 5.63. The second kappa shape index (κ2) is 8.65. The Morgan fingerprint density at radius 3 is 2.10 bits per heavy atom. The second-order valence-electron chi connectivity index (χ2n) is 10.1. The highest BCUT2D eigenvalue weighted by Gasteiger charge is 2.30. The van der Waals surface area contributed by atoms with E-state index in [1.54, 1.807) is 12.0 Å². The van der Waals surface area contributed by atoms with Crippen molar-refractivity contribution in [2.24, 2.45) is 0 Å². The minimum absolute atomic E-state index is 0. The zero-order valence-electron chi connectivity index (χ0n) is 19.4. The van der Waals surface area contributed by atoms with Gasteiger partial charge in [-0.3, -0.25) is 10.2 Å². The molecule has 5 nitrogen and oxygen atoms in total. The Balaban J connectivity index is 0.00000341. The molecule has 0 spiro atoms. The minimum atomic E-state index is -0.298. The lowest BCUT2D eigenvalue weighted by atomic mass is 9.78. The molecular weight excluding hydrogens is 456 g/mol. The van der Waals surface area contributed by atoms with Crippen molar-refractivity contribution in [3.63, 3.8) is 0 Å². The molecule has 3 rings (SSSR count). The number of nitrogens with one attached hydrogen (secondary N) is 1. The lowest BCUT2D eigenvalue weighted by Crippen LogP contribution is -2.30. The van der Waals surface area contributed by atoms with E-state index in [4.69, 9.17) is 10.1 Å². The maximum absolute atomic E-state index is 13.2. The van der Waals surface area contributed by atoms with Crippen LogP contribution in [0.4, 0.5) is 0 Å². The molecule has 0 amide bonds. The first-order valence-electron chi connectivity index (χ1n) is 10.2. The molecule has 2 N–H and O–H groups in total. The topological polar surface area (TPSA) is 73.6 Å². The van der Waals surface area contributed by atoms with Gasteiger partial charge in [-0.05, 0) is 46.7 Å². The number of rotatable bonds is 4. The zero-order valence-corrected chi connectivity index (χ0v) is 21.1. The number of methoxy groups -OCH3 is 1. The van der Waals surface area contributed by atoms with Gasteiger partial charge in [0, 0.05) is 28.8 Å². The van der Waals surface area contributed by atoms with E-state index in [0.29, 0.717) is 17.9 Å². The number of hydrogen-bond donors (Lipinski definition) is 2. The molecule has 6 heteroatoms. The predicted molar refractivity (Wildman–Crippen MR) is 130 cm³/mol. The van der Waals surface area contributed by atoms with E-state index in [-0.39, 0.29) is 45.9 Å². The fourth-order valence-corrected chi connectivity index (χ4v) is 3.85. The summed E-state index contributed by atoms with van der Waals surface area (Å²) in [7, 11) is 1.62. The van der Waals surface area contributed by atoms with Crippen molar-refractivity contribution in [1.29, 1.82) is 5.41 Å². The summed E-state index contributed by atoms with van der Waals surface area (Å²) in [6.07, 6.45) is 0. The largest absolute Gasteiger partial charge is 0.507 e. The molecule has 0 atom stereocenters. The van der Waals surface area contributed by atoms with E-state index in [2.05, 4.69) is 0 Å². The van der Waals surface area contributed by atoms with Gasteiger partial charge in [0.2, 0.25) is 0 Å². The number of Topliss-reactive ketones (excluding diaryl/α,β-unsaturated/α-hetero) is 1. The van der Waals surface area contributed by atoms with Crippen LogP contribution in [0.15, 0.2) is 30.3 Å². The summed E-state index contributed by atoms with van der Waals surface area (Å²) < 4.78 is 5.28. The highest BCUT2D eigenvalue weighted by Crippen LogP contribution is 2.40. The van der Waals surface area contributed by atoms with Crippen LogP contribution in [-0.4, -0.2) is 35.3 Å². The molecule has 0 bridgehead atoms. The maximum Gasteiger partial charge on any atom is 0.182 e. The summed E-state index contributed by atoms with van der Waals surface area (Å²) in [5.41, 5.74) is 3.33. The van der Waals surface area contributed by atoms with Crippen molar-refractivity contribution in [3.8, 4) is 11.5 Å². The Kier molecular flexibility index (Phi) is 6.96. The van der Waals surface area contributed by atoms with E-state index in [9.17, 15) is 9.90 Å². The van der Waals surface area contributed by atoms with Gasteiger partial charge >= 0.3 is 0 Å². The molecule has 1 aliphatic heterocycles. The number of phenols is 1. The summed E-state index contributed by atoms with van der Waals surface area (Å²) in [6.45, 7) is 12.8. The monoisotopic (exact) mass is 488 g/mol. The van der Waals surface area contributed by atoms with Crippen molar-refractivity contribution in [2.45, 2.75) is 58.9 Å². The summed E-state index contributed by atoms with van der Waals surface area (Å²) in [4.78, 5) is 15.0. The molecule has 31 heavy (non-hydrogen) atoms. The Bertz CT molecular complexity index is 981. The molecule has 1 heterocycles. The fraction of sp³-hybridized carbons (Fsp3) is 0.440. The van der Waals surface area contributed by atoms with Gasteiger partial charge in [-0.2, -0.15) is 0 Å². The quantitative estimate of drug-likeness (QED) is 0.549. The summed E-state index contributed by atoms with van der Waals surface area (Å²) in [5.74, 6) is 1.31. The van der Waals surface area contributed by atoms with Crippen molar-refractivity contribution < 1.29 is 14.6 Å². The number of phenolic OH excluding ortho intramolecular Hbond substituents is 1. The van der Waals surface area contributed by atoms with Crippen LogP contribution in [0.1, 0.15) is 74.2 Å². The highest BCUT2D eigenvalue weighted by atomic mass is 79.9. The molecule has 0 aromatic heterocycles. The van der Waals surface area contributed by atoms with Crippen molar-refractivity contribution in [2.75, 3.05) is 13.7 Å². The van der Waals surface area contributed by atoms with Crippen LogP contribution in [0, 0.1) is 5.41 Å². The van der Waals surface area contributed by atoms with Crippen LogP contribution < -0.4 is 4.74 Å². The van der Waals surface area contributed by atoms with Crippen molar-refractivity contribution >= 4 is 28.6 Å². The number of benzene rings is 2. The van der Waals surface area contributed by atoms with Crippen molar-refractivity contribution in [3.05, 3.63) is 58.1 Å². The molecule has 0 radical (unpaired) electrons. The average Bonchev–Trinajstić information content (AvgIpc) is 2.94. The van der Waals surface area contributed by atoms with Gasteiger partial charge in [0.05, 0.1) is 13.7 Å². The summed E-state index contributed by atoms with van der Waals surface area (Å²) >= 11 is 0. The van der Waals surface area contributed by atoms with Gasteiger partial charge in [-0.25, -0.2) is 0 Å². The van der Waals surface area contributed by atoms with Crippen molar-refractivity contribution in [1.82, 2.24) is 4.90 Å². The smallest absolute Gasteiger partial charge is 0.182 e. The number of fused-ring (bicyclic) bond motifs is 1. The van der Waals surface area contributed by atoms with Crippen LogP contribution in [0.5, 0.6) is 11.5 Å². The number of ether oxygens (including phenoxy) is 1. The SMILES string of the molecule is Br.COc1ccc2c(c1)CN(CC(=O)c1cc(C(C)(C)C)c(O)c(C(C)(C)C)c1)C2=N. The van der Waals surface area contributed by atoms with Crippen LogP contribution in [-0.2, 0) is 17.4 Å². The third kappa shape index (κ3) is 4.95. The highest BCUT2D eigenvalue weighted by molar-refractivity contribution is 8.93. The number of halogens is 1. The number of carbonyl (C=O) groups excluding carboxylic acids is 1. The van der Waals surface area contributed by atoms with E-state index in [0.717, 1.165) is 28.0 Å². The number of hydrogen-bond acceptors (Lipinski definition) is 4. The fourth-order valence-electron chi connectivity index (χ4n) is 3.85. The maximum atomic E-state index is 13.2. The van der Waals surface area contributed by atoms with Gasteiger partial charge < -0.3 is 14.7 Å². The standard InChI is InChI=1S/C25H32N2O3.BrH/c1-24(2,3)19-11-15(12-20(22(19)29)25(4,5)6)21(28)14-27-13-16-10-17(30-7)8-9-18(16)23(27)26;/h8-12,26,29H,13-14H2,1-7H3;1H. The lowest BCUT2D eigenvalue weighted by molar-refractivity contribution is 0.0962. The summed E-state index contributed by atoms with van der Waals surface area (Å²) in [5, 5.41) is 19.4. The van der Waals surface area contributed by atoms with Crippen LogP contribution in [0.25, 0.3) is 0 Å². The number of aromatic hydroxyl groups is 1. The number of ketones is 1. The predicted octanol–water partition coefficient (Wildman–Crippen LogP) is 5.60. The van der Waals surface area contributed by atoms with E-state index in [1.807, 2.05) is 71.9 Å². The van der Waals surface area contributed by atoms with Crippen LogP contribution in [0.2, 0.25) is 0 Å². The first kappa shape index (κ1) is 24.9. The Hall–Kier alpha value is -2.34. The first-order chi connectivity index (χ1) is 13.8. The first-order valence-corrected chi connectivity index (χ1v) is 10.2. The van der Waals surface area contributed by atoms with E-state index >= 15 is 0 Å². The zero-order chi connectivity index (χ0) is 22.4. The van der Waals surface area contributed by atoms with Gasteiger partial charge in [0.1, 0.15) is 17.3 Å². The number of amidine groups is 1. The van der Waals surface area contributed by atoms with Gasteiger partial charge in [-0.15, -0.1) is 17.0 Å². The molecule has 0 unspecified atom stereocenters. The average molecular weight is 489 g/mol. The molecule has 0 saturated heterocycles. The molecule has 0 aliphatic carbocycles. The minimum Gasteiger partial charge on any atom is -0.507 e. The molecule has 1 aliphatic rings. The number of nitrogens with zero attached hydrogens (tertiary/aromatic N) is 1. The molecular formula is C25H33BrN2O3. The molecule has 168 valence electrons. The molecule has 2 aromatic rings. The normalized spacial score (nSPS) is 13.6. The third-order valence-electron chi connectivity index (χ3n) is 5.63. The Labute approximate surface area is 195 Å². The molecule has 0 fully saturated rings. The van der Waals surface area contributed by atoms with E-state index in [1.165, 1.54) is 0 Å². The lowest BCUT2D eigenvalue weighted by Gasteiger charge is -2.28. The molecule has 0 saturated carbocycles. The van der Waals surface area contributed by atoms with E-state index < -0.39 is 0 Å². The Morgan fingerprint density at radius 2 is 1.61 bits per heavy atom. The van der Waals surface area contributed by atoms with Gasteiger partial charge in [0.15, 0.2) is 5.78 Å². The van der Waals surface area contributed by atoms with Crippen LogP contribution >= 0.6 is 17.0 Å².